The molecule has 1 amide bonds. The van der Waals surface area contributed by atoms with Crippen LogP contribution in [0.3, 0.4) is 0 Å². The molecule has 1 aromatic heterocycles. The van der Waals surface area contributed by atoms with Crippen LogP contribution in [0.15, 0.2) is 46.3 Å². The molecular formula is C21H22N2O5S2. The van der Waals surface area contributed by atoms with Gasteiger partial charge in [0.15, 0.2) is 14.6 Å². The predicted octanol–water partition coefficient (Wildman–Crippen LogP) is 2.57. The maximum Gasteiger partial charge on any atom is 0.325 e. The highest BCUT2D eigenvalue weighted by Gasteiger charge is 2.15. The van der Waals surface area contributed by atoms with Crippen LogP contribution < -0.4 is 4.80 Å². The van der Waals surface area contributed by atoms with Crippen molar-refractivity contribution in [3.05, 3.63) is 57.9 Å². The number of carbonyl (C=O) groups is 2. The van der Waals surface area contributed by atoms with Crippen LogP contribution in [-0.4, -0.2) is 38.2 Å². The average Bonchev–Trinajstić information content (AvgIpc) is 2.99. The number of esters is 1. The van der Waals surface area contributed by atoms with Gasteiger partial charge in [-0.3, -0.25) is 9.59 Å². The molecule has 0 unspecified atom stereocenters. The summed E-state index contributed by atoms with van der Waals surface area (Å²) in [4.78, 5) is 29.2. The first-order chi connectivity index (χ1) is 14.1. The number of aromatic nitrogens is 1. The summed E-state index contributed by atoms with van der Waals surface area (Å²) >= 11 is 1.16. The summed E-state index contributed by atoms with van der Waals surface area (Å²) in [7, 11) is -2.11. The topological polar surface area (TPSA) is 94.8 Å². The van der Waals surface area contributed by atoms with E-state index in [9.17, 15) is 18.0 Å². The van der Waals surface area contributed by atoms with E-state index in [1.165, 1.54) is 19.2 Å². The standard InChI is InChI=1S/C21H22N2O5S2/c1-13-5-6-15(14(2)9-13)10-19(24)22-21-23(12-20(25)28-3)17-8-7-16(30(4,26)27)11-18(17)29-21/h5-9,11H,10,12H2,1-4H3. The van der Waals surface area contributed by atoms with Gasteiger partial charge < -0.3 is 9.30 Å². The molecule has 0 atom stereocenters. The van der Waals surface area contributed by atoms with Crippen molar-refractivity contribution in [2.75, 3.05) is 13.4 Å². The number of hydrogen-bond acceptors (Lipinski definition) is 6. The molecule has 0 bridgehead atoms. The van der Waals surface area contributed by atoms with Crippen molar-refractivity contribution in [1.29, 1.82) is 0 Å². The largest absolute Gasteiger partial charge is 0.468 e. The Morgan fingerprint density at radius 2 is 1.87 bits per heavy atom. The van der Waals surface area contributed by atoms with E-state index in [1.54, 1.807) is 10.6 Å². The molecule has 3 aromatic rings. The summed E-state index contributed by atoms with van der Waals surface area (Å²) in [6, 6.07) is 10.5. The lowest BCUT2D eigenvalue weighted by Gasteiger charge is -2.05. The zero-order valence-electron chi connectivity index (χ0n) is 17.1. The molecule has 9 heteroatoms. The van der Waals surface area contributed by atoms with E-state index in [-0.39, 0.29) is 23.8 Å². The molecule has 3 rings (SSSR count). The summed E-state index contributed by atoms with van der Waals surface area (Å²) in [6.45, 7) is 3.80. The van der Waals surface area contributed by atoms with Crippen LogP contribution in [0, 0.1) is 13.8 Å². The van der Waals surface area contributed by atoms with Crippen molar-refractivity contribution in [3.63, 3.8) is 0 Å². The zero-order valence-corrected chi connectivity index (χ0v) is 18.8. The second-order valence-electron chi connectivity index (χ2n) is 7.06. The van der Waals surface area contributed by atoms with Crippen LogP contribution >= 0.6 is 11.3 Å². The average molecular weight is 447 g/mol. The minimum absolute atomic E-state index is 0.132. The molecule has 0 fully saturated rings. The molecule has 0 radical (unpaired) electrons. The fraction of sp³-hybridized carbons (Fsp3) is 0.286. The molecule has 1 heterocycles. The fourth-order valence-corrected chi connectivity index (χ4v) is 4.88. The van der Waals surface area contributed by atoms with Gasteiger partial charge in [-0.2, -0.15) is 4.99 Å². The second kappa shape index (κ2) is 8.53. The van der Waals surface area contributed by atoms with Crippen LogP contribution in [-0.2, 0) is 37.1 Å². The van der Waals surface area contributed by atoms with Gasteiger partial charge in [-0.1, -0.05) is 35.1 Å². The number of benzene rings is 2. The smallest absolute Gasteiger partial charge is 0.325 e. The Balaban J connectivity index is 2.08. The Morgan fingerprint density at radius 3 is 2.50 bits per heavy atom. The maximum atomic E-state index is 12.6. The number of ether oxygens (including phenoxy) is 1. The Labute approximate surface area is 178 Å². The quantitative estimate of drug-likeness (QED) is 0.562. The second-order valence-corrected chi connectivity index (χ2v) is 10.1. The van der Waals surface area contributed by atoms with Gasteiger partial charge in [0.2, 0.25) is 0 Å². The van der Waals surface area contributed by atoms with Gasteiger partial charge >= 0.3 is 5.97 Å². The number of rotatable bonds is 5. The van der Waals surface area contributed by atoms with Crippen molar-refractivity contribution < 1.29 is 22.7 Å². The van der Waals surface area contributed by atoms with E-state index in [0.29, 0.717) is 15.0 Å². The summed E-state index contributed by atoms with van der Waals surface area (Å²) in [5.74, 6) is -0.847. The Kier molecular flexibility index (Phi) is 6.23. The first kappa shape index (κ1) is 21.9. The minimum Gasteiger partial charge on any atom is -0.468 e. The van der Waals surface area contributed by atoms with Gasteiger partial charge in [0.05, 0.1) is 28.6 Å². The number of thiazole rings is 1. The van der Waals surface area contributed by atoms with Gasteiger partial charge in [-0.05, 0) is 43.2 Å². The number of sulfone groups is 1. The molecule has 0 saturated carbocycles. The van der Waals surface area contributed by atoms with Crippen molar-refractivity contribution in [2.45, 2.75) is 31.7 Å². The first-order valence-electron chi connectivity index (χ1n) is 9.12. The molecule has 0 aliphatic heterocycles. The van der Waals surface area contributed by atoms with Gasteiger partial charge in [0.25, 0.3) is 5.91 Å². The molecule has 0 aliphatic carbocycles. The Bertz CT molecular complexity index is 1320. The van der Waals surface area contributed by atoms with Gasteiger partial charge in [-0.15, -0.1) is 0 Å². The van der Waals surface area contributed by atoms with Gasteiger partial charge in [-0.25, -0.2) is 8.42 Å². The fourth-order valence-electron chi connectivity index (χ4n) is 3.07. The number of carbonyl (C=O) groups excluding carboxylic acids is 2. The number of hydrogen-bond donors (Lipinski definition) is 0. The molecule has 0 N–H and O–H groups in total. The monoisotopic (exact) mass is 446 g/mol. The highest BCUT2D eigenvalue weighted by atomic mass is 32.2. The summed E-state index contributed by atoms with van der Waals surface area (Å²) < 4.78 is 30.7. The number of aryl methyl sites for hydroxylation is 2. The number of amides is 1. The highest BCUT2D eigenvalue weighted by Crippen LogP contribution is 2.22. The van der Waals surface area contributed by atoms with Gasteiger partial charge in [0.1, 0.15) is 6.54 Å². The molecule has 0 saturated heterocycles. The maximum absolute atomic E-state index is 12.6. The van der Waals surface area contributed by atoms with E-state index in [0.717, 1.165) is 34.3 Å². The predicted molar refractivity (Wildman–Crippen MR) is 115 cm³/mol. The normalized spacial score (nSPS) is 12.3. The third-order valence-corrected chi connectivity index (χ3v) is 6.81. The van der Waals surface area contributed by atoms with Crippen LogP contribution in [0.4, 0.5) is 0 Å². The van der Waals surface area contributed by atoms with Crippen molar-refractivity contribution in [2.24, 2.45) is 4.99 Å². The lowest BCUT2D eigenvalue weighted by molar-refractivity contribution is -0.141. The van der Waals surface area contributed by atoms with Crippen molar-refractivity contribution in [3.8, 4) is 0 Å². The molecule has 2 aromatic carbocycles. The minimum atomic E-state index is -3.39. The molecule has 158 valence electrons. The molecule has 7 nitrogen and oxygen atoms in total. The molecular weight excluding hydrogens is 424 g/mol. The SMILES string of the molecule is COC(=O)Cn1c(=NC(=O)Cc2ccc(C)cc2C)sc2cc(S(C)(=O)=O)ccc21. The van der Waals surface area contributed by atoms with Gasteiger partial charge in [0, 0.05) is 6.26 Å². The lowest BCUT2D eigenvalue weighted by atomic mass is 10.0. The number of methoxy groups -OCH3 is 1. The zero-order chi connectivity index (χ0) is 22.1. The summed E-state index contributed by atoms with van der Waals surface area (Å²) in [5.41, 5.74) is 3.61. The summed E-state index contributed by atoms with van der Waals surface area (Å²) in [6.07, 6.45) is 1.26. The number of fused-ring (bicyclic) bond motifs is 1. The Hall–Kier alpha value is -2.78. The molecule has 0 aliphatic rings. The first-order valence-corrected chi connectivity index (χ1v) is 11.8. The van der Waals surface area contributed by atoms with Crippen molar-refractivity contribution >= 4 is 43.3 Å². The Morgan fingerprint density at radius 1 is 1.13 bits per heavy atom. The summed E-state index contributed by atoms with van der Waals surface area (Å²) in [5, 5.41) is 0. The van der Waals surface area contributed by atoms with Crippen LogP contribution in [0.1, 0.15) is 16.7 Å². The van der Waals surface area contributed by atoms with E-state index >= 15 is 0 Å². The van der Waals surface area contributed by atoms with Crippen molar-refractivity contribution in [1.82, 2.24) is 4.57 Å². The third kappa shape index (κ3) is 4.85. The third-order valence-electron chi connectivity index (χ3n) is 4.66. The van der Waals surface area contributed by atoms with Crippen LogP contribution in [0.2, 0.25) is 0 Å². The van der Waals surface area contributed by atoms with E-state index in [4.69, 9.17) is 4.74 Å². The van der Waals surface area contributed by atoms with Crippen LogP contribution in [0.25, 0.3) is 10.2 Å². The number of nitrogens with zero attached hydrogens (tertiary/aromatic N) is 2. The van der Waals surface area contributed by atoms with Crippen LogP contribution in [0.5, 0.6) is 0 Å². The van der Waals surface area contributed by atoms with E-state index in [2.05, 4.69) is 4.99 Å². The van der Waals surface area contributed by atoms with E-state index in [1.807, 2.05) is 32.0 Å². The lowest BCUT2D eigenvalue weighted by Crippen LogP contribution is -2.22. The van der Waals surface area contributed by atoms with E-state index < -0.39 is 15.8 Å². The molecule has 30 heavy (non-hydrogen) atoms. The molecule has 0 spiro atoms. The highest BCUT2D eigenvalue weighted by molar-refractivity contribution is 7.90.